The van der Waals surface area contributed by atoms with E-state index >= 15 is 0 Å². The standard InChI is InChI=1S/C46H53N5O15S4/c1-45(2)35-27-31(44(55)48(4)65-5)30-49(24-14-26-68(56,57)58)43(35)47-37(45)15-10-7-6-8-11-16-38-46(3,29-32-18-23-42(67-32)70(62,63)64)34-28-33(69(59,60)61)19-20-36(34)50(38)25-13-9-12-17-41(54)66-51-39(52)21-22-40(51)53/h6-8,10-11,15-16,18-20,23,27-28,30H,9,12-14,17,21-22,24-26,29H2,1-5H3,(H2-,56,57,58,59,60,61,62,63,64). The van der Waals surface area contributed by atoms with Gasteiger partial charge in [-0.05, 0) is 106 Å². The zero-order valence-electron chi connectivity index (χ0n) is 38.9. The van der Waals surface area contributed by atoms with Crippen LogP contribution in [0.2, 0.25) is 0 Å². The van der Waals surface area contributed by atoms with Gasteiger partial charge in [0.1, 0.15) is 10.4 Å². The number of aromatic nitrogens is 1. The first-order valence-electron chi connectivity index (χ1n) is 21.9. The predicted octanol–water partition coefficient (Wildman–Crippen LogP) is 5.20. The van der Waals surface area contributed by atoms with Gasteiger partial charge < -0.3 is 14.3 Å². The van der Waals surface area contributed by atoms with Crippen molar-refractivity contribution in [3.63, 3.8) is 0 Å². The number of allylic oxidation sites excluding steroid dienone is 8. The van der Waals surface area contributed by atoms with Crippen LogP contribution in [0.5, 0.6) is 0 Å². The summed E-state index contributed by atoms with van der Waals surface area (Å²) in [4.78, 5) is 66.5. The number of hydrogen-bond acceptors (Lipinski definition) is 16. The maximum absolute atomic E-state index is 13.1. The third-order valence-corrected chi connectivity index (χ3v) is 16.1. The molecule has 1 aromatic carbocycles. The number of aryl methyl sites for hydroxylation is 1. The summed E-state index contributed by atoms with van der Waals surface area (Å²) in [7, 11) is -10.8. The average molecular weight is 1040 g/mol. The van der Waals surface area contributed by atoms with E-state index < -0.39 is 70.6 Å². The van der Waals surface area contributed by atoms with E-state index in [1.165, 1.54) is 32.4 Å². The van der Waals surface area contributed by atoms with Crippen molar-refractivity contribution < 1.29 is 72.3 Å². The molecule has 0 radical (unpaired) electrons. The Labute approximate surface area is 410 Å². The predicted molar refractivity (Wildman–Crippen MR) is 255 cm³/mol. The van der Waals surface area contributed by atoms with E-state index in [-0.39, 0.29) is 53.3 Å². The molecule has 1 atom stereocenters. The van der Waals surface area contributed by atoms with Crippen LogP contribution in [0, 0.1) is 0 Å². The second kappa shape index (κ2) is 21.3. The maximum atomic E-state index is 13.1. The molecule has 3 aliphatic heterocycles. The highest BCUT2D eigenvalue weighted by Gasteiger charge is 2.45. The molecular weight excluding hydrogens is 991 g/mol. The fourth-order valence-electron chi connectivity index (χ4n) is 8.39. The molecule has 3 aromatic rings. The fourth-order valence-corrected chi connectivity index (χ4v) is 11.3. The van der Waals surface area contributed by atoms with Gasteiger partial charge in [0, 0.05) is 60.3 Å². The molecule has 2 aromatic heterocycles. The first-order valence-corrected chi connectivity index (χ1v) is 27.2. The van der Waals surface area contributed by atoms with Gasteiger partial charge in [-0.25, -0.2) is 22.8 Å². The van der Waals surface area contributed by atoms with Crippen molar-refractivity contribution in [2.45, 2.75) is 98.6 Å². The lowest BCUT2D eigenvalue weighted by Gasteiger charge is -2.30. The molecule has 1 unspecified atom stereocenters. The molecule has 1 saturated heterocycles. The minimum absolute atomic E-state index is 0.00259. The molecule has 2 N–H and O–H groups in total. The van der Waals surface area contributed by atoms with Crippen LogP contribution in [0.25, 0.3) is 0 Å². The normalized spacial score (nSPS) is 18.7. The van der Waals surface area contributed by atoms with Crippen LogP contribution in [0.3, 0.4) is 0 Å². The smallest absolute Gasteiger partial charge is 0.333 e. The monoisotopic (exact) mass is 1040 g/mol. The van der Waals surface area contributed by atoms with Crippen LogP contribution in [-0.2, 0) is 78.2 Å². The van der Waals surface area contributed by atoms with E-state index in [1.54, 1.807) is 65.4 Å². The first kappa shape index (κ1) is 53.6. The number of anilines is 1. The van der Waals surface area contributed by atoms with Gasteiger partial charge in [0.05, 0.1) is 45.2 Å². The van der Waals surface area contributed by atoms with E-state index in [0.29, 0.717) is 69.8 Å². The van der Waals surface area contributed by atoms with Crippen LogP contribution < -0.4 is 9.47 Å². The summed E-state index contributed by atoms with van der Waals surface area (Å²) < 4.78 is 104. The number of fused-ring (bicyclic) bond motifs is 2. The largest absolute Gasteiger partial charge is 0.748 e. The van der Waals surface area contributed by atoms with Gasteiger partial charge in [-0.2, -0.15) is 16.8 Å². The number of benzene rings is 1. The second-order valence-corrected chi connectivity index (χ2v) is 23.2. The molecule has 1 fully saturated rings. The number of rotatable bonds is 21. The van der Waals surface area contributed by atoms with Crippen LogP contribution in [0.15, 0.2) is 105 Å². The lowest BCUT2D eigenvalue weighted by molar-refractivity contribution is -0.684. The van der Waals surface area contributed by atoms with E-state index in [0.717, 1.165) is 16.4 Å². The van der Waals surface area contributed by atoms with Crippen molar-refractivity contribution in [2.75, 3.05) is 31.4 Å². The van der Waals surface area contributed by atoms with Gasteiger partial charge in [0.2, 0.25) is 0 Å². The van der Waals surface area contributed by atoms with Gasteiger partial charge >= 0.3 is 21.9 Å². The number of pyridine rings is 1. The van der Waals surface area contributed by atoms with Crippen molar-refractivity contribution in [2.24, 2.45) is 4.99 Å². The van der Waals surface area contributed by atoms with Gasteiger partial charge in [0.25, 0.3) is 27.8 Å². The number of nitrogens with zero attached hydrogens (tertiary/aromatic N) is 5. The molecular formula is C46H53N5O15S4. The van der Waals surface area contributed by atoms with Gasteiger partial charge in [-0.15, -0.1) is 16.4 Å². The van der Waals surface area contributed by atoms with Crippen molar-refractivity contribution in [3.05, 3.63) is 112 Å². The average Bonchev–Trinajstić information content (AvgIpc) is 4.01. The molecule has 0 saturated carbocycles. The third kappa shape index (κ3) is 12.4. The Hall–Kier alpha value is -5.73. The highest BCUT2D eigenvalue weighted by atomic mass is 32.3. The maximum Gasteiger partial charge on any atom is 0.333 e. The minimum atomic E-state index is -4.65. The Morgan fingerprint density at radius 2 is 1.59 bits per heavy atom. The lowest BCUT2D eigenvalue weighted by atomic mass is 9.78. The summed E-state index contributed by atoms with van der Waals surface area (Å²) in [5, 5.41) is 1.55. The van der Waals surface area contributed by atoms with Gasteiger partial charge in [0.15, 0.2) is 5.71 Å². The van der Waals surface area contributed by atoms with Crippen LogP contribution in [0.1, 0.15) is 92.1 Å². The highest BCUT2D eigenvalue weighted by Crippen LogP contribution is 2.51. The number of carbonyl (C=O) groups excluding carboxylic acids is 4. The number of imide groups is 1. The summed E-state index contributed by atoms with van der Waals surface area (Å²) in [6, 6.07) is 8.78. The molecule has 0 bridgehead atoms. The topological polar surface area (TPSA) is 279 Å². The fraction of sp³-hybridized carbons (Fsp3) is 0.391. The van der Waals surface area contributed by atoms with Crippen molar-refractivity contribution in [1.29, 1.82) is 0 Å². The Balaban J connectivity index is 1.27. The Bertz CT molecular complexity index is 3070. The molecule has 20 nitrogen and oxygen atoms in total. The van der Waals surface area contributed by atoms with Crippen LogP contribution in [0.4, 0.5) is 11.5 Å². The number of carbonyl (C=O) groups is 4. The minimum Gasteiger partial charge on any atom is -0.748 e. The molecule has 0 aliphatic carbocycles. The van der Waals surface area contributed by atoms with Crippen molar-refractivity contribution >= 4 is 82.6 Å². The lowest BCUT2D eigenvalue weighted by Crippen LogP contribution is -2.38. The Kier molecular flexibility index (Phi) is 16.3. The molecule has 0 spiro atoms. The molecule has 24 heteroatoms. The van der Waals surface area contributed by atoms with Gasteiger partial charge in [-0.3, -0.25) is 28.3 Å². The van der Waals surface area contributed by atoms with Crippen LogP contribution >= 0.6 is 11.3 Å². The quantitative estimate of drug-likeness (QED) is 0.0346. The highest BCUT2D eigenvalue weighted by molar-refractivity contribution is 7.88. The second-order valence-electron chi connectivity index (χ2n) is 17.4. The number of hydrogen-bond donors (Lipinski definition) is 2. The molecule has 3 aliphatic rings. The van der Waals surface area contributed by atoms with Gasteiger partial charge in [-0.1, -0.05) is 36.8 Å². The van der Waals surface area contributed by atoms with E-state index in [9.17, 15) is 58.1 Å². The third-order valence-electron chi connectivity index (χ3n) is 12.1. The van der Waals surface area contributed by atoms with E-state index in [4.69, 9.17) is 14.7 Å². The summed E-state index contributed by atoms with van der Waals surface area (Å²) in [5.41, 5.74) is 1.67. The SMILES string of the molecule is CON(C)C(=O)c1cc2c([n+](CCCS(=O)(=O)[O-])c1)N=C(/C=C/C=C/C=C/C=C1/N(CCCCCC(=O)ON3C(=O)CCC3=O)c3ccc(S(=O)(=O)O)cc3C1(C)Cc1ccc(S(=O)(=O)O)s1)C2(C)C. The zero-order chi connectivity index (χ0) is 51.4. The summed E-state index contributed by atoms with van der Waals surface area (Å²) >= 11 is 0.860. The van der Waals surface area contributed by atoms with Crippen molar-refractivity contribution in [3.8, 4) is 0 Å². The molecule has 5 heterocycles. The number of thiophene rings is 1. The molecule has 3 amide bonds. The summed E-state index contributed by atoms with van der Waals surface area (Å²) in [6.45, 7) is 6.17. The van der Waals surface area contributed by atoms with E-state index in [2.05, 4.69) is 0 Å². The van der Waals surface area contributed by atoms with E-state index in [1.807, 2.05) is 31.7 Å². The summed E-state index contributed by atoms with van der Waals surface area (Å²) in [5.74, 6) is -2.43. The number of unbranched alkanes of at least 4 members (excludes halogenated alkanes) is 2. The molecule has 70 heavy (non-hydrogen) atoms. The number of amides is 3. The van der Waals surface area contributed by atoms with Crippen molar-refractivity contribution in [1.82, 2.24) is 10.1 Å². The summed E-state index contributed by atoms with van der Waals surface area (Å²) in [6.07, 6.45) is 15.4. The first-order chi connectivity index (χ1) is 32.7. The molecule has 6 rings (SSSR count). The van der Waals surface area contributed by atoms with Crippen LogP contribution in [-0.4, -0.2) is 105 Å². The Morgan fingerprint density at radius 1 is 0.900 bits per heavy atom. The number of hydroxylamine groups is 4. The number of aliphatic imine (C=N–C) groups is 1. The molecule has 376 valence electrons. The zero-order valence-corrected chi connectivity index (χ0v) is 42.2. The Morgan fingerprint density at radius 3 is 2.23 bits per heavy atom.